The molecule has 1 N–H and O–H groups in total. The van der Waals surface area contributed by atoms with Crippen molar-refractivity contribution in [2.75, 3.05) is 6.54 Å². The van der Waals surface area contributed by atoms with Crippen LogP contribution in [0.2, 0.25) is 0 Å². The van der Waals surface area contributed by atoms with Crippen LogP contribution in [0.1, 0.15) is 59.8 Å². The van der Waals surface area contributed by atoms with Crippen LogP contribution in [0.4, 0.5) is 0 Å². The molecule has 0 amide bonds. The highest BCUT2D eigenvalue weighted by Crippen LogP contribution is 2.42. The van der Waals surface area contributed by atoms with Gasteiger partial charge in [0.25, 0.3) is 0 Å². The molecule has 0 radical (unpaired) electrons. The summed E-state index contributed by atoms with van der Waals surface area (Å²) < 4.78 is 0. The Kier molecular flexibility index (Phi) is 4.43. The molecule has 1 saturated carbocycles. The van der Waals surface area contributed by atoms with Gasteiger partial charge in [0.1, 0.15) is 0 Å². The SMILES string of the molecule is CCNC(CC)C1CCCCC1(C)C. The van der Waals surface area contributed by atoms with Gasteiger partial charge in [0, 0.05) is 6.04 Å². The van der Waals surface area contributed by atoms with E-state index in [0.29, 0.717) is 5.41 Å². The highest BCUT2D eigenvalue weighted by atomic mass is 14.9. The summed E-state index contributed by atoms with van der Waals surface area (Å²) in [5, 5.41) is 3.66. The molecule has 0 aromatic rings. The molecule has 2 unspecified atom stereocenters. The zero-order valence-corrected chi connectivity index (χ0v) is 10.4. The van der Waals surface area contributed by atoms with Gasteiger partial charge in [-0.15, -0.1) is 0 Å². The quantitative estimate of drug-likeness (QED) is 0.726. The summed E-state index contributed by atoms with van der Waals surface area (Å²) in [5.74, 6) is 0.890. The summed E-state index contributed by atoms with van der Waals surface area (Å²) in [7, 11) is 0. The van der Waals surface area contributed by atoms with E-state index >= 15 is 0 Å². The van der Waals surface area contributed by atoms with Gasteiger partial charge in [-0.2, -0.15) is 0 Å². The van der Waals surface area contributed by atoms with Gasteiger partial charge in [0.05, 0.1) is 0 Å². The fourth-order valence-electron chi connectivity index (χ4n) is 3.10. The molecule has 0 saturated heterocycles. The summed E-state index contributed by atoms with van der Waals surface area (Å²) >= 11 is 0. The van der Waals surface area contributed by atoms with Gasteiger partial charge in [-0.25, -0.2) is 0 Å². The Balaban J connectivity index is 2.61. The van der Waals surface area contributed by atoms with Crippen LogP contribution in [-0.4, -0.2) is 12.6 Å². The summed E-state index contributed by atoms with van der Waals surface area (Å²) in [6.07, 6.45) is 7.00. The summed E-state index contributed by atoms with van der Waals surface area (Å²) in [4.78, 5) is 0. The molecule has 1 rings (SSSR count). The van der Waals surface area contributed by atoms with Crippen LogP contribution in [0.3, 0.4) is 0 Å². The molecule has 0 spiro atoms. The second-order valence-electron chi connectivity index (χ2n) is 5.41. The summed E-state index contributed by atoms with van der Waals surface area (Å²) in [5.41, 5.74) is 0.557. The zero-order valence-electron chi connectivity index (χ0n) is 10.4. The molecule has 1 nitrogen and oxygen atoms in total. The van der Waals surface area contributed by atoms with Crippen LogP contribution in [0.25, 0.3) is 0 Å². The predicted octanol–water partition coefficient (Wildman–Crippen LogP) is 3.59. The molecule has 0 aliphatic heterocycles. The number of nitrogens with one attached hydrogen (secondary N) is 1. The van der Waals surface area contributed by atoms with Crippen molar-refractivity contribution in [1.82, 2.24) is 5.32 Å². The maximum Gasteiger partial charge on any atom is 0.00976 e. The lowest BCUT2D eigenvalue weighted by molar-refractivity contribution is 0.0972. The van der Waals surface area contributed by atoms with E-state index in [4.69, 9.17) is 0 Å². The maximum absolute atomic E-state index is 3.66. The molecule has 0 aromatic carbocycles. The Hall–Kier alpha value is -0.0400. The smallest absolute Gasteiger partial charge is 0.00976 e. The highest BCUT2D eigenvalue weighted by Gasteiger charge is 2.36. The average Bonchev–Trinajstić information content (AvgIpc) is 2.14. The second kappa shape index (κ2) is 5.16. The fourth-order valence-corrected chi connectivity index (χ4v) is 3.10. The van der Waals surface area contributed by atoms with Crippen LogP contribution < -0.4 is 5.32 Å². The molecule has 1 aliphatic carbocycles. The number of hydrogen-bond donors (Lipinski definition) is 1. The molecule has 0 aromatic heterocycles. The molecule has 1 aliphatic rings. The molecule has 84 valence electrons. The van der Waals surface area contributed by atoms with Crippen molar-refractivity contribution >= 4 is 0 Å². The largest absolute Gasteiger partial charge is 0.314 e. The lowest BCUT2D eigenvalue weighted by Crippen LogP contribution is -2.44. The van der Waals surface area contributed by atoms with Crippen LogP contribution in [0, 0.1) is 11.3 Å². The monoisotopic (exact) mass is 197 g/mol. The Bertz CT molecular complexity index is 163. The van der Waals surface area contributed by atoms with Crippen LogP contribution >= 0.6 is 0 Å². The van der Waals surface area contributed by atoms with E-state index < -0.39 is 0 Å². The molecule has 14 heavy (non-hydrogen) atoms. The van der Waals surface area contributed by atoms with Crippen molar-refractivity contribution in [3.05, 3.63) is 0 Å². The molecule has 1 heteroatoms. The van der Waals surface area contributed by atoms with Gasteiger partial charge in [-0.3, -0.25) is 0 Å². The van der Waals surface area contributed by atoms with Gasteiger partial charge < -0.3 is 5.32 Å². The van der Waals surface area contributed by atoms with Gasteiger partial charge >= 0.3 is 0 Å². The van der Waals surface area contributed by atoms with Gasteiger partial charge in [0.15, 0.2) is 0 Å². The first kappa shape index (κ1) is 12.0. The number of hydrogen-bond acceptors (Lipinski definition) is 1. The minimum Gasteiger partial charge on any atom is -0.314 e. The standard InChI is InChI=1S/C13H27N/c1-5-12(14-6-2)11-9-7-8-10-13(11,3)4/h11-12,14H,5-10H2,1-4H3. The van der Waals surface area contributed by atoms with E-state index in [9.17, 15) is 0 Å². The van der Waals surface area contributed by atoms with Crippen molar-refractivity contribution < 1.29 is 0 Å². The predicted molar refractivity (Wildman–Crippen MR) is 63.5 cm³/mol. The average molecular weight is 197 g/mol. The lowest BCUT2D eigenvalue weighted by Gasteiger charge is -2.43. The summed E-state index contributed by atoms with van der Waals surface area (Å²) in [6.45, 7) is 10.6. The molecular weight excluding hydrogens is 170 g/mol. The Morgan fingerprint density at radius 1 is 1.29 bits per heavy atom. The van der Waals surface area contributed by atoms with E-state index in [2.05, 4.69) is 33.0 Å². The minimum absolute atomic E-state index is 0.557. The van der Waals surface area contributed by atoms with Crippen molar-refractivity contribution in [1.29, 1.82) is 0 Å². The van der Waals surface area contributed by atoms with Crippen LogP contribution in [0.5, 0.6) is 0 Å². The minimum atomic E-state index is 0.557. The molecule has 2 atom stereocenters. The first-order valence-electron chi connectivity index (χ1n) is 6.35. The first-order chi connectivity index (χ1) is 6.61. The third-order valence-corrected chi connectivity index (χ3v) is 3.98. The van der Waals surface area contributed by atoms with Gasteiger partial charge in [-0.1, -0.05) is 40.5 Å². The van der Waals surface area contributed by atoms with Crippen LogP contribution in [-0.2, 0) is 0 Å². The third-order valence-electron chi connectivity index (χ3n) is 3.98. The first-order valence-corrected chi connectivity index (χ1v) is 6.35. The zero-order chi connectivity index (χ0) is 10.6. The Morgan fingerprint density at radius 3 is 2.50 bits per heavy atom. The van der Waals surface area contributed by atoms with Crippen molar-refractivity contribution in [2.24, 2.45) is 11.3 Å². The Morgan fingerprint density at radius 2 is 2.00 bits per heavy atom. The number of rotatable bonds is 4. The highest BCUT2D eigenvalue weighted by molar-refractivity contribution is 4.89. The van der Waals surface area contributed by atoms with E-state index in [0.717, 1.165) is 18.5 Å². The van der Waals surface area contributed by atoms with E-state index in [1.807, 2.05) is 0 Å². The van der Waals surface area contributed by atoms with Crippen LogP contribution in [0.15, 0.2) is 0 Å². The van der Waals surface area contributed by atoms with E-state index in [1.165, 1.54) is 32.1 Å². The lowest BCUT2D eigenvalue weighted by atomic mass is 9.65. The second-order valence-corrected chi connectivity index (χ2v) is 5.41. The van der Waals surface area contributed by atoms with Gasteiger partial charge in [-0.05, 0) is 37.1 Å². The molecule has 0 bridgehead atoms. The summed E-state index contributed by atoms with van der Waals surface area (Å²) in [6, 6.07) is 0.746. The van der Waals surface area contributed by atoms with Crippen molar-refractivity contribution in [2.45, 2.75) is 65.8 Å². The maximum atomic E-state index is 3.66. The Labute approximate surface area is 89.7 Å². The molecular formula is C13H27N. The normalized spacial score (nSPS) is 28.7. The van der Waals surface area contributed by atoms with E-state index in [1.54, 1.807) is 0 Å². The van der Waals surface area contributed by atoms with Gasteiger partial charge in [0.2, 0.25) is 0 Å². The van der Waals surface area contributed by atoms with Crippen molar-refractivity contribution in [3.8, 4) is 0 Å². The fraction of sp³-hybridized carbons (Fsp3) is 1.00. The van der Waals surface area contributed by atoms with Crippen molar-refractivity contribution in [3.63, 3.8) is 0 Å². The topological polar surface area (TPSA) is 12.0 Å². The molecule has 0 heterocycles. The molecule has 1 fully saturated rings. The third kappa shape index (κ3) is 2.73. The van der Waals surface area contributed by atoms with E-state index in [-0.39, 0.29) is 0 Å².